The lowest BCUT2D eigenvalue weighted by molar-refractivity contribution is -0.137. The molecule has 0 spiro atoms. The number of benzene rings is 1. The van der Waals surface area contributed by atoms with Gasteiger partial charge in [0.25, 0.3) is 5.91 Å². The highest BCUT2D eigenvalue weighted by atomic mass is 32.1. The molecule has 1 fully saturated rings. The van der Waals surface area contributed by atoms with Gasteiger partial charge in [-0.25, -0.2) is 0 Å². The monoisotopic (exact) mass is 413 g/mol. The normalized spacial score (nSPS) is 13.4. The Balaban J connectivity index is 1.85. The summed E-state index contributed by atoms with van der Waals surface area (Å²) in [4.78, 5) is 30.4. The summed E-state index contributed by atoms with van der Waals surface area (Å²) in [5, 5.41) is 4.89. The minimum atomic E-state index is -0.101. The molecular weight excluding hydrogens is 382 g/mol. The van der Waals surface area contributed by atoms with Crippen LogP contribution in [-0.4, -0.2) is 36.9 Å². The molecule has 0 saturated heterocycles. The van der Waals surface area contributed by atoms with Crippen LogP contribution in [0.5, 0.6) is 0 Å². The number of carbonyl (C=O) groups is 2. The van der Waals surface area contributed by atoms with E-state index >= 15 is 0 Å². The molecule has 0 aliphatic heterocycles. The highest BCUT2D eigenvalue weighted by Crippen LogP contribution is 2.33. The molecule has 1 aromatic carbocycles. The van der Waals surface area contributed by atoms with Gasteiger partial charge in [0.15, 0.2) is 0 Å². The van der Waals surface area contributed by atoms with Crippen molar-refractivity contribution in [3.8, 4) is 0 Å². The van der Waals surface area contributed by atoms with Crippen molar-refractivity contribution >= 4 is 34.5 Å². The molecule has 0 bridgehead atoms. The molecule has 0 radical (unpaired) electrons. The third-order valence-corrected chi connectivity index (χ3v) is 6.38. The number of nitrogens with one attached hydrogen (secondary N) is 1. The lowest BCUT2D eigenvalue weighted by atomic mass is 10.0. The second-order valence-electron chi connectivity index (χ2n) is 7.88. The Hall–Kier alpha value is -2.34. The van der Waals surface area contributed by atoms with Gasteiger partial charge >= 0.3 is 0 Å². The van der Waals surface area contributed by atoms with E-state index in [4.69, 9.17) is 0 Å². The molecule has 1 aromatic heterocycles. The van der Waals surface area contributed by atoms with Gasteiger partial charge in [0.2, 0.25) is 5.91 Å². The predicted molar refractivity (Wildman–Crippen MR) is 121 cm³/mol. The van der Waals surface area contributed by atoms with Crippen LogP contribution in [0, 0.1) is 5.92 Å². The molecule has 3 rings (SSSR count). The van der Waals surface area contributed by atoms with E-state index in [0.717, 1.165) is 42.6 Å². The zero-order valence-corrected chi connectivity index (χ0v) is 18.6. The number of thiophene rings is 1. The Morgan fingerprint density at radius 3 is 2.45 bits per heavy atom. The van der Waals surface area contributed by atoms with E-state index in [1.165, 1.54) is 11.3 Å². The van der Waals surface area contributed by atoms with Crippen LogP contribution in [0.4, 0.5) is 11.4 Å². The van der Waals surface area contributed by atoms with Crippen molar-refractivity contribution < 1.29 is 9.59 Å². The Morgan fingerprint density at radius 1 is 1.17 bits per heavy atom. The van der Waals surface area contributed by atoms with E-state index in [2.05, 4.69) is 29.0 Å². The van der Waals surface area contributed by atoms with E-state index in [1.807, 2.05) is 49.8 Å². The molecule has 1 aliphatic carbocycles. The van der Waals surface area contributed by atoms with E-state index < -0.39 is 0 Å². The van der Waals surface area contributed by atoms with Crippen molar-refractivity contribution in [3.63, 3.8) is 0 Å². The second kappa shape index (κ2) is 9.44. The fourth-order valence-electron chi connectivity index (χ4n) is 3.66. The molecule has 2 aromatic rings. The Labute approximate surface area is 177 Å². The number of amides is 2. The Kier molecular flexibility index (Phi) is 6.96. The lowest BCUT2D eigenvalue weighted by Gasteiger charge is -2.29. The third-order valence-electron chi connectivity index (χ3n) is 5.51. The molecule has 156 valence electrons. The van der Waals surface area contributed by atoms with Gasteiger partial charge in [0, 0.05) is 44.0 Å². The van der Waals surface area contributed by atoms with Crippen molar-refractivity contribution in [2.24, 2.45) is 5.92 Å². The lowest BCUT2D eigenvalue weighted by Crippen LogP contribution is -2.37. The third kappa shape index (κ3) is 5.18. The summed E-state index contributed by atoms with van der Waals surface area (Å²) in [6, 6.07) is 9.99. The maximum absolute atomic E-state index is 13.1. The summed E-state index contributed by atoms with van der Waals surface area (Å²) in [5.41, 5.74) is 2.89. The fraction of sp³-hybridized carbons (Fsp3) is 0.478. The van der Waals surface area contributed by atoms with Crippen LogP contribution in [0.1, 0.15) is 54.8 Å². The first-order valence-electron chi connectivity index (χ1n) is 10.4. The number of hydrogen-bond acceptors (Lipinski definition) is 4. The molecule has 5 nitrogen and oxygen atoms in total. The van der Waals surface area contributed by atoms with Crippen LogP contribution in [0.2, 0.25) is 0 Å². The van der Waals surface area contributed by atoms with Crippen molar-refractivity contribution in [1.82, 2.24) is 4.90 Å². The zero-order valence-electron chi connectivity index (χ0n) is 17.8. The van der Waals surface area contributed by atoms with Gasteiger partial charge in [-0.2, -0.15) is 0 Å². The van der Waals surface area contributed by atoms with Gasteiger partial charge in [-0.3, -0.25) is 9.59 Å². The SMILES string of the molecule is CCC(CC)C(=O)N(Cc1cc(NC(=O)c2cccs2)ccc1N(C)C)C1CC1. The summed E-state index contributed by atoms with van der Waals surface area (Å²) in [6.45, 7) is 4.75. The largest absolute Gasteiger partial charge is 0.377 e. The average Bonchev–Trinajstić information content (AvgIpc) is 3.38. The number of anilines is 2. The van der Waals surface area contributed by atoms with Gasteiger partial charge < -0.3 is 15.1 Å². The van der Waals surface area contributed by atoms with E-state index in [0.29, 0.717) is 17.5 Å². The molecule has 1 N–H and O–H groups in total. The van der Waals surface area contributed by atoms with E-state index in [9.17, 15) is 9.59 Å². The standard InChI is InChI=1S/C23H31N3O2S/c1-5-16(6-2)23(28)26(19-10-11-19)15-17-14-18(9-12-20(17)25(3)4)24-22(27)21-8-7-13-29-21/h7-9,12-14,16,19H,5-6,10-11,15H2,1-4H3,(H,24,27). The number of nitrogens with zero attached hydrogens (tertiary/aromatic N) is 2. The summed E-state index contributed by atoms with van der Waals surface area (Å²) in [7, 11) is 4.01. The average molecular weight is 414 g/mol. The first-order valence-corrected chi connectivity index (χ1v) is 11.3. The van der Waals surface area contributed by atoms with Crippen LogP contribution < -0.4 is 10.2 Å². The fourth-order valence-corrected chi connectivity index (χ4v) is 4.27. The molecule has 1 aliphatic rings. The van der Waals surface area contributed by atoms with Crippen LogP contribution in [0.25, 0.3) is 0 Å². The molecule has 6 heteroatoms. The molecule has 1 saturated carbocycles. The maximum Gasteiger partial charge on any atom is 0.265 e. The van der Waals surface area contributed by atoms with Crippen LogP contribution >= 0.6 is 11.3 Å². The van der Waals surface area contributed by atoms with E-state index in [1.54, 1.807) is 0 Å². The summed E-state index contributed by atoms with van der Waals surface area (Å²) < 4.78 is 0. The van der Waals surface area contributed by atoms with Crippen LogP contribution in [-0.2, 0) is 11.3 Å². The Bertz CT molecular complexity index is 840. The predicted octanol–water partition coefficient (Wildman–Crippen LogP) is 4.99. The molecular formula is C23H31N3O2S. The summed E-state index contributed by atoms with van der Waals surface area (Å²) in [6.07, 6.45) is 3.90. The Morgan fingerprint density at radius 2 is 1.90 bits per heavy atom. The number of hydrogen-bond donors (Lipinski definition) is 1. The zero-order chi connectivity index (χ0) is 21.0. The van der Waals surface area contributed by atoms with Crippen molar-refractivity contribution in [2.75, 3.05) is 24.3 Å². The minimum Gasteiger partial charge on any atom is -0.377 e. The summed E-state index contributed by atoms with van der Waals surface area (Å²) in [5.74, 6) is 0.242. The van der Waals surface area contributed by atoms with Crippen molar-refractivity contribution in [1.29, 1.82) is 0 Å². The highest BCUT2D eigenvalue weighted by molar-refractivity contribution is 7.12. The maximum atomic E-state index is 13.1. The molecule has 0 atom stereocenters. The quantitative estimate of drug-likeness (QED) is 0.630. The number of carbonyl (C=O) groups excluding carboxylic acids is 2. The van der Waals surface area contributed by atoms with E-state index in [-0.39, 0.29) is 17.7 Å². The first-order chi connectivity index (χ1) is 13.9. The molecule has 1 heterocycles. The molecule has 29 heavy (non-hydrogen) atoms. The minimum absolute atomic E-state index is 0.0834. The van der Waals surface area contributed by atoms with Gasteiger partial charge in [-0.15, -0.1) is 11.3 Å². The molecule has 0 unspecified atom stereocenters. The highest BCUT2D eigenvalue weighted by Gasteiger charge is 2.35. The number of rotatable bonds is 9. The molecule has 2 amide bonds. The van der Waals surface area contributed by atoms with Gasteiger partial charge in [0.1, 0.15) is 0 Å². The first kappa shape index (κ1) is 21.4. The van der Waals surface area contributed by atoms with Gasteiger partial charge in [-0.1, -0.05) is 19.9 Å². The topological polar surface area (TPSA) is 52.7 Å². The summed E-state index contributed by atoms with van der Waals surface area (Å²) >= 11 is 1.42. The van der Waals surface area contributed by atoms with Gasteiger partial charge in [0.05, 0.1) is 4.88 Å². The van der Waals surface area contributed by atoms with Crippen molar-refractivity contribution in [2.45, 2.75) is 52.1 Å². The van der Waals surface area contributed by atoms with Gasteiger partial charge in [-0.05, 0) is 60.9 Å². The second-order valence-corrected chi connectivity index (χ2v) is 8.83. The smallest absolute Gasteiger partial charge is 0.265 e. The van der Waals surface area contributed by atoms with Crippen LogP contribution in [0.3, 0.4) is 0 Å². The van der Waals surface area contributed by atoms with Crippen LogP contribution in [0.15, 0.2) is 35.7 Å². The van der Waals surface area contributed by atoms with Crippen molar-refractivity contribution in [3.05, 3.63) is 46.2 Å².